The van der Waals surface area contributed by atoms with Crippen LogP contribution < -0.4 is 0 Å². The molecule has 19 atom stereocenters. The highest BCUT2D eigenvalue weighted by atomic mass is 32.2. The van der Waals surface area contributed by atoms with E-state index >= 15 is 0 Å². The Labute approximate surface area is 444 Å². The molecule has 3 aliphatic heterocycles. The van der Waals surface area contributed by atoms with Crippen LogP contribution in [0.25, 0.3) is 0 Å². The van der Waals surface area contributed by atoms with Crippen molar-refractivity contribution < 1.29 is 67.5 Å². The molecule has 0 unspecified atom stereocenters. The second kappa shape index (κ2) is 27.5. The Hall–Kier alpha value is -2.41. The zero-order chi connectivity index (χ0) is 54.9. The summed E-state index contributed by atoms with van der Waals surface area (Å²) in [5.41, 5.74) is -2.86. The van der Waals surface area contributed by atoms with Gasteiger partial charge in [0.15, 0.2) is 12.6 Å². The number of carbonyl (C=O) groups excluding carboxylic acids is 1. The van der Waals surface area contributed by atoms with E-state index in [1.165, 1.54) is 14.0 Å². The SMILES string of the molecule is CC[C@H]1OC(=O)[C@H](C)[C@@H](O[C@H]2C[C@@](C)(OC)[C@@H](O)[C@H](C)O2)[C@H](C)[C@@H](O[C@H]2C[C@@H](N(C)CCc3cn([C@H](CF)[C@H](OC)c4ccc(SCCOC)cc4)nn3)C[C@@H](C)O2)[C@](C)(O)C[C@@H](C)CN(C)[C@H](C)[C@@H](O)[C@]1(C)O. The summed E-state index contributed by atoms with van der Waals surface area (Å²) in [4.78, 5) is 19.8. The number of alkyl halides is 1. The molecule has 4 heterocycles. The van der Waals surface area contributed by atoms with Crippen LogP contribution in [0.4, 0.5) is 4.39 Å². The summed E-state index contributed by atoms with van der Waals surface area (Å²) in [5, 5.41) is 56.3. The largest absolute Gasteiger partial charge is 0.459 e. The molecule has 0 bridgehead atoms. The van der Waals surface area contributed by atoms with E-state index in [4.69, 9.17) is 37.9 Å². The van der Waals surface area contributed by atoms with E-state index in [-0.39, 0.29) is 37.3 Å². The minimum absolute atomic E-state index is 0.0103. The highest BCUT2D eigenvalue weighted by molar-refractivity contribution is 7.99. The maximum absolute atomic E-state index is 14.8. The number of likely N-dealkylation sites (N-methyl/N-ethyl adjacent to an activating group) is 2. The van der Waals surface area contributed by atoms with Gasteiger partial charge in [0.1, 0.15) is 42.7 Å². The van der Waals surface area contributed by atoms with Crippen molar-refractivity contribution in [2.75, 3.05) is 67.5 Å². The number of aliphatic hydroxyl groups is 4. The van der Waals surface area contributed by atoms with Crippen LogP contribution in [-0.4, -0.2) is 203 Å². The molecular weight excluding hydrogens is 978 g/mol. The lowest BCUT2D eigenvalue weighted by Crippen LogP contribution is -2.59. The van der Waals surface area contributed by atoms with Crippen molar-refractivity contribution in [3.8, 4) is 0 Å². The van der Waals surface area contributed by atoms with Crippen LogP contribution in [0, 0.1) is 17.8 Å². The average molecular weight is 1070 g/mol. The van der Waals surface area contributed by atoms with E-state index in [0.29, 0.717) is 44.7 Å². The third kappa shape index (κ3) is 15.4. The van der Waals surface area contributed by atoms with Crippen molar-refractivity contribution in [1.82, 2.24) is 24.8 Å². The molecule has 0 radical (unpaired) electrons. The zero-order valence-corrected chi connectivity index (χ0v) is 47.7. The van der Waals surface area contributed by atoms with E-state index in [1.807, 2.05) is 71.0 Å². The number of carbonyl (C=O) groups is 1. The first kappa shape index (κ1) is 62.4. The van der Waals surface area contributed by atoms with Crippen LogP contribution in [0.1, 0.15) is 125 Å². The third-order valence-electron chi connectivity index (χ3n) is 16.2. The highest BCUT2D eigenvalue weighted by Crippen LogP contribution is 2.41. The van der Waals surface area contributed by atoms with Gasteiger partial charge in [-0.15, -0.1) is 16.9 Å². The summed E-state index contributed by atoms with van der Waals surface area (Å²) in [5.74, 6) is -1.73. The maximum atomic E-state index is 14.8. The molecule has 4 N–H and O–H groups in total. The molecule has 0 saturated carbocycles. The third-order valence-corrected chi connectivity index (χ3v) is 17.1. The van der Waals surface area contributed by atoms with Gasteiger partial charge in [0.05, 0.1) is 53.8 Å². The van der Waals surface area contributed by atoms with Crippen LogP contribution in [0.5, 0.6) is 0 Å². The predicted octanol–water partition coefficient (Wildman–Crippen LogP) is 5.77. The minimum atomic E-state index is -1.82. The molecule has 74 heavy (non-hydrogen) atoms. The first-order valence-electron chi connectivity index (χ1n) is 26.6. The number of hydrogen-bond donors (Lipinski definition) is 4. The van der Waals surface area contributed by atoms with E-state index in [2.05, 4.69) is 15.2 Å². The van der Waals surface area contributed by atoms with Crippen molar-refractivity contribution in [2.45, 2.75) is 209 Å². The number of benzene rings is 1. The Morgan fingerprint density at radius 2 is 1.65 bits per heavy atom. The number of aliphatic hydroxyl groups excluding tert-OH is 2. The number of hydrogen-bond acceptors (Lipinski definition) is 18. The van der Waals surface area contributed by atoms with E-state index in [1.54, 1.807) is 71.5 Å². The van der Waals surface area contributed by atoms with Gasteiger partial charge in [-0.1, -0.05) is 38.1 Å². The van der Waals surface area contributed by atoms with Gasteiger partial charge < -0.3 is 68.1 Å². The van der Waals surface area contributed by atoms with Gasteiger partial charge in [-0.2, -0.15) is 0 Å². The summed E-state index contributed by atoms with van der Waals surface area (Å²) in [6, 6.07) is 6.63. The second-order valence-corrected chi connectivity index (χ2v) is 23.5. The lowest BCUT2D eigenvalue weighted by Gasteiger charge is -2.48. The van der Waals surface area contributed by atoms with Crippen LogP contribution in [0.15, 0.2) is 35.4 Å². The smallest absolute Gasteiger partial charge is 0.311 e. The number of ether oxygens (including phenoxy) is 8. The number of rotatable bonds is 19. The molecule has 3 fully saturated rings. The Bertz CT molecular complexity index is 2010. The summed E-state index contributed by atoms with van der Waals surface area (Å²) in [6.07, 6.45) is -4.48. The predicted molar refractivity (Wildman–Crippen MR) is 279 cm³/mol. The Morgan fingerprint density at radius 1 is 0.959 bits per heavy atom. The number of esters is 1. The Kier molecular flexibility index (Phi) is 23.2. The standard InChI is InChI=1S/C54H92FN5O13S/c1-16-43-54(10,65)48(61)36(6)59(12)30-32(2)27-52(8,64)50(34(4)46(35(5)51(63)71-43)72-45-28-53(9,68-15)49(62)37(7)70-45)73-44-26-40(25-33(3)69-44)58(11)22-21-39-31-60(57-56-39)42(29-55)47(67-14)38-17-19-41(20-18-38)74-24-23-66-13/h17-20,31-37,40,42-50,61-62,64-65H,16,21-30H2,1-15H3/t32-,33-,34+,35-,36-,37+,40+,42-,43-,44+,45+,46+,47-,48-,49+,50-,52-,53-,54-/m1/s1. The molecule has 2 aromatic rings. The lowest BCUT2D eigenvalue weighted by molar-refractivity contribution is -0.308. The van der Waals surface area contributed by atoms with Crippen LogP contribution in [0.3, 0.4) is 0 Å². The van der Waals surface area contributed by atoms with Gasteiger partial charge >= 0.3 is 5.97 Å². The molecule has 3 aliphatic rings. The van der Waals surface area contributed by atoms with Gasteiger partial charge in [0, 0.05) is 88.5 Å². The highest BCUT2D eigenvalue weighted by Gasteiger charge is 2.52. The first-order chi connectivity index (χ1) is 34.8. The van der Waals surface area contributed by atoms with Gasteiger partial charge in [-0.25, -0.2) is 9.07 Å². The lowest BCUT2D eigenvalue weighted by atomic mass is 9.77. The van der Waals surface area contributed by atoms with Crippen molar-refractivity contribution >= 4 is 17.7 Å². The molecule has 424 valence electrons. The number of halogens is 1. The summed E-state index contributed by atoms with van der Waals surface area (Å²) in [6.45, 7) is 18.9. The van der Waals surface area contributed by atoms with Crippen molar-refractivity contribution in [3.63, 3.8) is 0 Å². The fraction of sp³-hybridized carbons (Fsp3) is 0.833. The fourth-order valence-corrected chi connectivity index (χ4v) is 12.3. The summed E-state index contributed by atoms with van der Waals surface area (Å²) in [7, 11) is 8.67. The maximum Gasteiger partial charge on any atom is 0.311 e. The molecule has 3 saturated heterocycles. The topological polar surface area (TPSA) is 209 Å². The number of aromatic nitrogens is 3. The quantitative estimate of drug-likeness (QED) is 0.0748. The molecule has 1 aromatic carbocycles. The zero-order valence-electron chi connectivity index (χ0n) is 46.9. The van der Waals surface area contributed by atoms with Gasteiger partial charge in [0.25, 0.3) is 0 Å². The Morgan fingerprint density at radius 3 is 2.27 bits per heavy atom. The molecule has 0 spiro atoms. The second-order valence-electron chi connectivity index (χ2n) is 22.3. The van der Waals surface area contributed by atoms with Crippen LogP contribution in [-0.2, 0) is 49.1 Å². The average Bonchev–Trinajstić information content (AvgIpc) is 3.83. The fourth-order valence-electron chi connectivity index (χ4n) is 11.5. The number of thioether (sulfide) groups is 1. The normalized spacial score (nSPS) is 38.3. The molecule has 18 nitrogen and oxygen atoms in total. The monoisotopic (exact) mass is 1070 g/mol. The first-order valence-corrected chi connectivity index (χ1v) is 27.6. The number of nitrogens with zero attached hydrogens (tertiary/aromatic N) is 5. The van der Waals surface area contributed by atoms with Crippen LogP contribution in [0.2, 0.25) is 0 Å². The molecule has 20 heteroatoms. The molecule has 5 rings (SSSR count). The minimum Gasteiger partial charge on any atom is -0.459 e. The molecule has 0 amide bonds. The number of methoxy groups -OCH3 is 3. The molecular formula is C54H92FN5O13S. The van der Waals surface area contributed by atoms with E-state index < -0.39 is 109 Å². The van der Waals surface area contributed by atoms with E-state index in [9.17, 15) is 29.6 Å². The van der Waals surface area contributed by atoms with Crippen molar-refractivity contribution in [3.05, 3.63) is 41.7 Å². The number of cyclic esters (lactones) is 1. The van der Waals surface area contributed by atoms with Crippen molar-refractivity contribution in [1.29, 1.82) is 0 Å². The van der Waals surface area contributed by atoms with Crippen molar-refractivity contribution in [2.24, 2.45) is 17.8 Å². The van der Waals surface area contributed by atoms with Crippen LogP contribution >= 0.6 is 11.8 Å². The van der Waals surface area contributed by atoms with E-state index in [0.717, 1.165) is 16.2 Å². The Balaban J connectivity index is 1.40. The van der Waals surface area contributed by atoms with Gasteiger partial charge in [0.2, 0.25) is 0 Å². The summed E-state index contributed by atoms with van der Waals surface area (Å²) < 4.78 is 66.1. The van der Waals surface area contributed by atoms with Gasteiger partial charge in [-0.3, -0.25) is 4.79 Å². The molecule has 1 aromatic heterocycles. The van der Waals surface area contributed by atoms with Gasteiger partial charge in [-0.05, 0) is 105 Å². The summed E-state index contributed by atoms with van der Waals surface area (Å²) >= 11 is 1.68. The molecule has 0 aliphatic carbocycles.